The van der Waals surface area contributed by atoms with E-state index in [1.165, 1.54) is 25.4 Å². The van der Waals surface area contributed by atoms with Crippen LogP contribution < -0.4 is 10.1 Å². The van der Waals surface area contributed by atoms with Gasteiger partial charge in [-0.05, 0) is 47.0 Å². The van der Waals surface area contributed by atoms with E-state index in [0.717, 1.165) is 11.1 Å². The summed E-state index contributed by atoms with van der Waals surface area (Å²) in [5, 5.41) is 1.89. The molecule has 0 radical (unpaired) electrons. The molecule has 6 nitrogen and oxygen atoms in total. The third-order valence-electron chi connectivity index (χ3n) is 5.81. The first-order chi connectivity index (χ1) is 17.0. The van der Waals surface area contributed by atoms with Gasteiger partial charge in [-0.1, -0.05) is 66.7 Å². The first-order valence-corrected chi connectivity index (χ1v) is 12.7. The molecule has 1 atom stereocenters. The van der Waals surface area contributed by atoms with Gasteiger partial charge in [0.15, 0.2) is 9.84 Å². The highest BCUT2D eigenvalue weighted by Gasteiger charge is 2.31. The van der Waals surface area contributed by atoms with Gasteiger partial charge in [0.1, 0.15) is 11.0 Å². The molecule has 0 saturated heterocycles. The highest BCUT2D eigenvalue weighted by molar-refractivity contribution is 7.91. The fraction of sp³-hybridized carbons (Fsp3) is 0.143. The van der Waals surface area contributed by atoms with Crippen molar-refractivity contribution in [3.8, 4) is 5.75 Å². The number of sulfone groups is 1. The lowest BCUT2D eigenvalue weighted by Crippen LogP contribution is -2.35. The van der Waals surface area contributed by atoms with Crippen molar-refractivity contribution in [1.82, 2.24) is 10.3 Å². The molecule has 0 fully saturated rings. The van der Waals surface area contributed by atoms with E-state index in [2.05, 4.69) is 10.3 Å². The smallest absolute Gasteiger partial charge is 0.232 e. The molecular weight excluding hydrogens is 460 g/mol. The Morgan fingerprint density at radius 2 is 1.40 bits per heavy atom. The van der Waals surface area contributed by atoms with Gasteiger partial charge in [-0.3, -0.25) is 9.78 Å². The second kappa shape index (κ2) is 11.0. The number of rotatable bonds is 9. The summed E-state index contributed by atoms with van der Waals surface area (Å²) in [5.74, 6) is -0.291. The SMILES string of the molecule is COc1ccc(S(=O)(=O)C(CNC(=O)C(c2ccccc2)c2ccccc2)c2cccnc2)cc1. The fourth-order valence-corrected chi connectivity index (χ4v) is 5.63. The molecule has 1 N–H and O–H groups in total. The lowest BCUT2D eigenvalue weighted by atomic mass is 9.90. The van der Waals surface area contributed by atoms with Crippen LogP contribution in [0.25, 0.3) is 0 Å². The van der Waals surface area contributed by atoms with Crippen LogP contribution in [0, 0.1) is 0 Å². The number of benzene rings is 3. The Labute approximate surface area is 205 Å². The van der Waals surface area contributed by atoms with Crippen molar-refractivity contribution < 1.29 is 17.9 Å². The average molecular weight is 487 g/mol. The Morgan fingerprint density at radius 3 is 1.91 bits per heavy atom. The molecule has 4 rings (SSSR count). The summed E-state index contributed by atoms with van der Waals surface area (Å²) in [4.78, 5) is 17.7. The van der Waals surface area contributed by atoms with E-state index < -0.39 is 21.0 Å². The third kappa shape index (κ3) is 5.58. The van der Waals surface area contributed by atoms with E-state index >= 15 is 0 Å². The van der Waals surface area contributed by atoms with Gasteiger partial charge in [-0.25, -0.2) is 8.42 Å². The number of pyridine rings is 1. The van der Waals surface area contributed by atoms with Crippen LogP contribution in [0.4, 0.5) is 0 Å². The number of nitrogens with zero attached hydrogens (tertiary/aromatic N) is 1. The highest BCUT2D eigenvalue weighted by Crippen LogP contribution is 2.30. The van der Waals surface area contributed by atoms with Crippen molar-refractivity contribution in [1.29, 1.82) is 0 Å². The Morgan fingerprint density at radius 1 is 0.829 bits per heavy atom. The van der Waals surface area contributed by atoms with Gasteiger partial charge in [-0.2, -0.15) is 0 Å². The maximum absolute atomic E-state index is 13.6. The molecule has 1 amide bonds. The standard InChI is InChI=1S/C28H26N2O4S/c1-34-24-14-16-25(17-15-24)35(32,33)26(23-13-8-18-29-19-23)20-30-28(31)27(21-9-4-2-5-10-21)22-11-6-3-7-12-22/h2-19,26-27H,20H2,1H3,(H,30,31). The minimum absolute atomic E-state index is 0.102. The number of hydrogen-bond acceptors (Lipinski definition) is 5. The molecular formula is C28H26N2O4S. The summed E-state index contributed by atoms with van der Waals surface area (Å²) < 4.78 is 32.4. The van der Waals surface area contributed by atoms with Crippen molar-refractivity contribution in [2.75, 3.05) is 13.7 Å². The Hall–Kier alpha value is -3.97. The van der Waals surface area contributed by atoms with Crippen molar-refractivity contribution in [2.45, 2.75) is 16.1 Å². The number of carbonyl (C=O) groups is 1. The largest absolute Gasteiger partial charge is 0.497 e. The zero-order valence-electron chi connectivity index (χ0n) is 19.2. The van der Waals surface area contributed by atoms with Crippen LogP contribution in [0.1, 0.15) is 27.9 Å². The first kappa shape index (κ1) is 24.2. The van der Waals surface area contributed by atoms with Gasteiger partial charge in [0.05, 0.1) is 17.9 Å². The summed E-state index contributed by atoms with van der Waals surface area (Å²) in [6.45, 7) is -0.102. The maximum atomic E-state index is 13.6. The Kier molecular flexibility index (Phi) is 7.57. The zero-order chi connectivity index (χ0) is 24.7. The number of nitrogens with one attached hydrogen (secondary N) is 1. The lowest BCUT2D eigenvalue weighted by Gasteiger charge is -2.22. The molecule has 1 heterocycles. The molecule has 0 aliphatic carbocycles. The van der Waals surface area contributed by atoms with E-state index in [4.69, 9.17) is 4.74 Å². The van der Waals surface area contributed by atoms with Crippen LogP contribution in [0.3, 0.4) is 0 Å². The van der Waals surface area contributed by atoms with E-state index in [-0.39, 0.29) is 17.3 Å². The van der Waals surface area contributed by atoms with Gasteiger partial charge in [0.2, 0.25) is 5.91 Å². The van der Waals surface area contributed by atoms with Crippen molar-refractivity contribution in [2.24, 2.45) is 0 Å². The number of ether oxygens (including phenoxy) is 1. The Balaban J connectivity index is 1.65. The van der Waals surface area contributed by atoms with Crippen LogP contribution in [0.5, 0.6) is 5.75 Å². The maximum Gasteiger partial charge on any atom is 0.232 e. The fourth-order valence-electron chi connectivity index (χ4n) is 3.98. The van der Waals surface area contributed by atoms with Gasteiger partial charge in [0, 0.05) is 18.9 Å². The van der Waals surface area contributed by atoms with Gasteiger partial charge >= 0.3 is 0 Å². The van der Waals surface area contributed by atoms with Crippen molar-refractivity contribution in [3.63, 3.8) is 0 Å². The number of aromatic nitrogens is 1. The van der Waals surface area contributed by atoms with Crippen molar-refractivity contribution in [3.05, 3.63) is 126 Å². The molecule has 0 bridgehead atoms. The van der Waals surface area contributed by atoms with E-state index in [0.29, 0.717) is 11.3 Å². The summed E-state index contributed by atoms with van der Waals surface area (Å²) in [7, 11) is -2.32. The molecule has 4 aromatic rings. The lowest BCUT2D eigenvalue weighted by molar-refractivity contribution is -0.121. The number of amides is 1. The Bertz CT molecular complexity index is 1310. The second-order valence-electron chi connectivity index (χ2n) is 8.00. The van der Waals surface area contributed by atoms with Crippen LogP contribution in [0.2, 0.25) is 0 Å². The molecule has 178 valence electrons. The molecule has 0 spiro atoms. The highest BCUT2D eigenvalue weighted by atomic mass is 32.2. The summed E-state index contributed by atoms with van der Waals surface area (Å²) in [5.41, 5.74) is 2.15. The predicted molar refractivity (Wildman–Crippen MR) is 135 cm³/mol. The molecule has 1 unspecified atom stereocenters. The number of carbonyl (C=O) groups excluding carboxylic acids is 1. The second-order valence-corrected chi connectivity index (χ2v) is 10.1. The molecule has 35 heavy (non-hydrogen) atoms. The van der Waals surface area contributed by atoms with E-state index in [9.17, 15) is 13.2 Å². The van der Waals surface area contributed by atoms with E-state index in [1.807, 2.05) is 60.7 Å². The monoisotopic (exact) mass is 486 g/mol. The molecule has 7 heteroatoms. The minimum Gasteiger partial charge on any atom is -0.497 e. The molecule has 3 aromatic carbocycles. The van der Waals surface area contributed by atoms with Crippen LogP contribution in [-0.2, 0) is 14.6 Å². The van der Waals surface area contributed by atoms with Crippen molar-refractivity contribution >= 4 is 15.7 Å². The topological polar surface area (TPSA) is 85.4 Å². The predicted octanol–water partition coefficient (Wildman–Crippen LogP) is 4.55. The summed E-state index contributed by atoms with van der Waals surface area (Å²) >= 11 is 0. The zero-order valence-corrected chi connectivity index (χ0v) is 20.1. The average Bonchev–Trinajstić information content (AvgIpc) is 2.91. The van der Waals surface area contributed by atoms with E-state index in [1.54, 1.807) is 30.5 Å². The van der Waals surface area contributed by atoms with Crippen LogP contribution in [0.15, 0.2) is 114 Å². The van der Waals surface area contributed by atoms with Gasteiger partial charge < -0.3 is 10.1 Å². The van der Waals surface area contributed by atoms with Gasteiger partial charge in [-0.15, -0.1) is 0 Å². The quantitative estimate of drug-likeness (QED) is 0.375. The molecule has 1 aromatic heterocycles. The van der Waals surface area contributed by atoms with Crippen LogP contribution in [-0.4, -0.2) is 33.0 Å². The molecule has 0 saturated carbocycles. The third-order valence-corrected chi connectivity index (χ3v) is 7.93. The van der Waals surface area contributed by atoms with Crippen LogP contribution >= 0.6 is 0 Å². The molecule has 0 aliphatic heterocycles. The number of methoxy groups -OCH3 is 1. The summed E-state index contributed by atoms with van der Waals surface area (Å²) in [6, 6.07) is 28.5. The number of hydrogen-bond donors (Lipinski definition) is 1. The summed E-state index contributed by atoms with van der Waals surface area (Å²) in [6.07, 6.45) is 3.10. The van der Waals surface area contributed by atoms with Gasteiger partial charge in [0.25, 0.3) is 0 Å². The molecule has 0 aliphatic rings. The minimum atomic E-state index is -3.84. The first-order valence-electron chi connectivity index (χ1n) is 11.2. The normalized spacial score (nSPS) is 12.2.